The summed E-state index contributed by atoms with van der Waals surface area (Å²) in [5, 5.41) is 0. The molecule has 6 heteroatoms. The Labute approximate surface area is 110 Å². The van der Waals surface area contributed by atoms with Crippen molar-refractivity contribution in [1.29, 1.82) is 0 Å². The zero-order valence-corrected chi connectivity index (χ0v) is 9.89. The summed E-state index contributed by atoms with van der Waals surface area (Å²) in [6.07, 6.45) is -0.661. The average Bonchev–Trinajstić information content (AvgIpc) is 2.40. The van der Waals surface area contributed by atoms with Gasteiger partial charge in [-0.05, 0) is 35.9 Å². The van der Waals surface area contributed by atoms with Gasteiger partial charge in [0.1, 0.15) is 11.6 Å². The van der Waals surface area contributed by atoms with Crippen LogP contribution in [-0.4, -0.2) is 5.78 Å². The molecule has 0 fully saturated rings. The number of hydrogen-bond donors (Lipinski definition) is 0. The van der Waals surface area contributed by atoms with Crippen molar-refractivity contribution < 1.29 is 26.7 Å². The summed E-state index contributed by atoms with van der Waals surface area (Å²) in [6, 6.07) is 3.81. The SMILES string of the molecule is O=C(Cc1cc(F)ccc1F)c1ccc(F)c(F)c1F. The molecular formula is C14H7F5O. The van der Waals surface area contributed by atoms with E-state index < -0.39 is 46.9 Å². The minimum atomic E-state index is -1.78. The fourth-order valence-electron chi connectivity index (χ4n) is 1.69. The highest BCUT2D eigenvalue weighted by atomic mass is 19.2. The second-order valence-electron chi connectivity index (χ2n) is 4.06. The highest BCUT2D eigenvalue weighted by Crippen LogP contribution is 2.18. The monoisotopic (exact) mass is 286 g/mol. The van der Waals surface area contributed by atoms with Gasteiger partial charge in [-0.3, -0.25) is 4.79 Å². The Morgan fingerprint density at radius 2 is 1.50 bits per heavy atom. The van der Waals surface area contributed by atoms with E-state index in [1.54, 1.807) is 0 Å². The van der Waals surface area contributed by atoms with Crippen molar-refractivity contribution in [3.8, 4) is 0 Å². The first-order chi connectivity index (χ1) is 9.40. The maximum Gasteiger partial charge on any atom is 0.195 e. The molecule has 2 aromatic carbocycles. The van der Waals surface area contributed by atoms with Gasteiger partial charge < -0.3 is 0 Å². The Balaban J connectivity index is 2.33. The van der Waals surface area contributed by atoms with Crippen LogP contribution in [0.2, 0.25) is 0 Å². The van der Waals surface area contributed by atoms with E-state index >= 15 is 0 Å². The summed E-state index contributed by atoms with van der Waals surface area (Å²) in [5.41, 5.74) is -1.01. The van der Waals surface area contributed by atoms with Crippen LogP contribution in [0.4, 0.5) is 22.0 Å². The summed E-state index contributed by atoms with van der Waals surface area (Å²) >= 11 is 0. The molecule has 0 aliphatic rings. The third kappa shape index (κ3) is 2.68. The highest BCUT2D eigenvalue weighted by Gasteiger charge is 2.20. The van der Waals surface area contributed by atoms with Crippen molar-refractivity contribution in [3.05, 3.63) is 70.5 Å². The van der Waals surface area contributed by atoms with Crippen LogP contribution in [0.1, 0.15) is 15.9 Å². The molecule has 0 aromatic heterocycles. The van der Waals surface area contributed by atoms with Crippen LogP contribution < -0.4 is 0 Å². The number of benzene rings is 2. The molecule has 0 atom stereocenters. The number of hydrogen-bond acceptors (Lipinski definition) is 1. The predicted molar refractivity (Wildman–Crippen MR) is 60.7 cm³/mol. The zero-order valence-electron chi connectivity index (χ0n) is 9.89. The first-order valence-corrected chi connectivity index (χ1v) is 5.50. The van der Waals surface area contributed by atoms with Crippen LogP contribution >= 0.6 is 0 Å². The standard InChI is InChI=1S/C14H7F5O/c15-8-1-3-10(16)7(5-8)6-12(20)9-2-4-11(17)14(19)13(9)18/h1-5H,6H2. The molecule has 0 aliphatic heterocycles. The molecule has 0 radical (unpaired) electrons. The summed E-state index contributed by atoms with van der Waals surface area (Å²) < 4.78 is 65.4. The third-order valence-electron chi connectivity index (χ3n) is 2.69. The number of Topliss-reactive ketones (excluding diaryl/α,β-unsaturated/α-hetero) is 1. The molecule has 0 aliphatic carbocycles. The van der Waals surface area contributed by atoms with Gasteiger partial charge in [0.25, 0.3) is 0 Å². The number of halogens is 5. The van der Waals surface area contributed by atoms with E-state index in [0.29, 0.717) is 6.07 Å². The molecule has 20 heavy (non-hydrogen) atoms. The quantitative estimate of drug-likeness (QED) is 0.476. The maximum atomic E-state index is 13.4. The van der Waals surface area contributed by atoms with Gasteiger partial charge in [-0.2, -0.15) is 0 Å². The topological polar surface area (TPSA) is 17.1 Å². The zero-order chi connectivity index (χ0) is 14.9. The van der Waals surface area contributed by atoms with Crippen LogP contribution in [0.3, 0.4) is 0 Å². The van der Waals surface area contributed by atoms with Crippen LogP contribution in [0.25, 0.3) is 0 Å². The Morgan fingerprint density at radius 1 is 0.850 bits per heavy atom. The summed E-state index contributed by atoms with van der Waals surface area (Å²) in [4.78, 5) is 11.7. The third-order valence-corrected chi connectivity index (χ3v) is 2.69. The molecule has 0 heterocycles. The molecule has 0 saturated heterocycles. The summed E-state index contributed by atoms with van der Waals surface area (Å²) in [5.74, 6) is -7.45. The lowest BCUT2D eigenvalue weighted by molar-refractivity contribution is 0.0986. The first-order valence-electron chi connectivity index (χ1n) is 5.50. The lowest BCUT2D eigenvalue weighted by Gasteiger charge is -2.05. The molecule has 0 bridgehead atoms. The van der Waals surface area contributed by atoms with Crippen molar-refractivity contribution in [2.75, 3.05) is 0 Å². The molecule has 0 saturated carbocycles. The van der Waals surface area contributed by atoms with Gasteiger partial charge in [0.05, 0.1) is 5.56 Å². The first kappa shape index (κ1) is 14.2. The van der Waals surface area contributed by atoms with Crippen LogP contribution in [0.5, 0.6) is 0 Å². The molecule has 2 aromatic rings. The predicted octanol–water partition coefficient (Wildman–Crippen LogP) is 3.81. The van der Waals surface area contributed by atoms with Crippen molar-refractivity contribution in [2.45, 2.75) is 6.42 Å². The van der Waals surface area contributed by atoms with E-state index in [-0.39, 0.29) is 5.56 Å². The van der Waals surface area contributed by atoms with E-state index in [4.69, 9.17) is 0 Å². The Morgan fingerprint density at radius 3 is 2.20 bits per heavy atom. The molecule has 0 unspecified atom stereocenters. The number of rotatable bonds is 3. The largest absolute Gasteiger partial charge is 0.294 e. The van der Waals surface area contributed by atoms with Crippen molar-refractivity contribution in [2.24, 2.45) is 0 Å². The maximum absolute atomic E-state index is 13.4. The fourth-order valence-corrected chi connectivity index (χ4v) is 1.69. The fraction of sp³-hybridized carbons (Fsp3) is 0.0714. The smallest absolute Gasteiger partial charge is 0.195 e. The van der Waals surface area contributed by atoms with Gasteiger partial charge in [0, 0.05) is 6.42 Å². The molecule has 0 amide bonds. The van der Waals surface area contributed by atoms with Gasteiger partial charge >= 0.3 is 0 Å². The second-order valence-corrected chi connectivity index (χ2v) is 4.06. The summed E-state index contributed by atoms with van der Waals surface area (Å²) in [7, 11) is 0. The van der Waals surface area contributed by atoms with E-state index in [1.165, 1.54) is 0 Å². The van der Waals surface area contributed by atoms with E-state index in [1.807, 2.05) is 0 Å². The molecular weight excluding hydrogens is 279 g/mol. The van der Waals surface area contributed by atoms with Crippen molar-refractivity contribution >= 4 is 5.78 Å². The second kappa shape index (κ2) is 5.40. The minimum absolute atomic E-state index is 0.292. The van der Waals surface area contributed by atoms with Crippen LogP contribution in [0, 0.1) is 29.1 Å². The Bertz CT molecular complexity index is 682. The molecule has 1 nitrogen and oxygen atoms in total. The lowest BCUT2D eigenvalue weighted by Crippen LogP contribution is -2.10. The average molecular weight is 286 g/mol. The number of carbonyl (C=O) groups excluding carboxylic acids is 1. The van der Waals surface area contributed by atoms with Crippen LogP contribution in [0.15, 0.2) is 30.3 Å². The summed E-state index contributed by atoms with van der Waals surface area (Å²) in [6.45, 7) is 0. The normalized spacial score (nSPS) is 10.7. The van der Waals surface area contributed by atoms with Crippen LogP contribution in [-0.2, 0) is 6.42 Å². The Kier molecular flexibility index (Phi) is 3.83. The lowest BCUT2D eigenvalue weighted by atomic mass is 10.0. The Hall–Kier alpha value is -2.24. The van der Waals surface area contributed by atoms with Gasteiger partial charge in [0.2, 0.25) is 0 Å². The van der Waals surface area contributed by atoms with Gasteiger partial charge in [-0.25, -0.2) is 22.0 Å². The van der Waals surface area contributed by atoms with Crippen molar-refractivity contribution in [1.82, 2.24) is 0 Å². The van der Waals surface area contributed by atoms with Gasteiger partial charge in [-0.15, -0.1) is 0 Å². The van der Waals surface area contributed by atoms with Gasteiger partial charge in [0.15, 0.2) is 23.2 Å². The highest BCUT2D eigenvalue weighted by molar-refractivity contribution is 5.97. The number of ketones is 1. The molecule has 104 valence electrons. The number of carbonyl (C=O) groups is 1. The molecule has 2 rings (SSSR count). The molecule has 0 spiro atoms. The molecule has 0 N–H and O–H groups in total. The van der Waals surface area contributed by atoms with Gasteiger partial charge in [-0.1, -0.05) is 0 Å². The van der Waals surface area contributed by atoms with Crippen molar-refractivity contribution in [3.63, 3.8) is 0 Å². The van der Waals surface area contributed by atoms with E-state index in [9.17, 15) is 26.7 Å². The minimum Gasteiger partial charge on any atom is -0.294 e. The van der Waals surface area contributed by atoms with E-state index in [2.05, 4.69) is 0 Å². The van der Waals surface area contributed by atoms with E-state index in [0.717, 1.165) is 24.3 Å².